The zero-order chi connectivity index (χ0) is 13.0. The number of benzene rings is 1. The van der Waals surface area contributed by atoms with Crippen LogP contribution in [-0.2, 0) is 9.53 Å². The molecule has 1 fully saturated rings. The third-order valence-corrected chi connectivity index (χ3v) is 3.47. The number of methoxy groups -OCH3 is 1. The lowest BCUT2D eigenvalue weighted by molar-refractivity contribution is -0.141. The van der Waals surface area contributed by atoms with E-state index in [9.17, 15) is 4.79 Å². The molecule has 0 spiro atoms. The number of likely N-dealkylation sites (tertiary alicyclic amines) is 1. The van der Waals surface area contributed by atoms with Crippen LogP contribution in [0.5, 0.6) is 0 Å². The summed E-state index contributed by atoms with van der Waals surface area (Å²) in [6, 6.07) is 10.1. The Bertz CT molecular complexity index is 400. The number of likely N-dealkylation sites (N-methyl/N-ethyl adjacent to an activating group) is 1. The monoisotopic (exact) mass is 284 g/mol. The SMILES string of the molecule is CNC1CCN(C(=O)C(OC)c2ccccc2)C1.Cl. The number of nitrogens with zero attached hydrogens (tertiary/aromatic N) is 1. The molecule has 0 bridgehead atoms. The van der Waals surface area contributed by atoms with Gasteiger partial charge in [-0.1, -0.05) is 30.3 Å². The highest BCUT2D eigenvalue weighted by molar-refractivity contribution is 5.85. The Balaban J connectivity index is 0.00000180. The molecule has 1 aliphatic rings. The van der Waals surface area contributed by atoms with Gasteiger partial charge in [0.05, 0.1) is 0 Å². The molecule has 1 saturated heterocycles. The van der Waals surface area contributed by atoms with Gasteiger partial charge in [-0.05, 0) is 19.0 Å². The average Bonchev–Trinajstić information content (AvgIpc) is 2.89. The Labute approximate surface area is 120 Å². The van der Waals surface area contributed by atoms with Crippen LogP contribution in [0.15, 0.2) is 30.3 Å². The van der Waals surface area contributed by atoms with E-state index >= 15 is 0 Å². The first kappa shape index (κ1) is 16.0. The zero-order valence-corrected chi connectivity index (χ0v) is 12.2. The van der Waals surface area contributed by atoms with Crippen LogP contribution < -0.4 is 5.32 Å². The normalized spacial score (nSPS) is 19.9. The van der Waals surface area contributed by atoms with Crippen molar-refractivity contribution < 1.29 is 9.53 Å². The molecular weight excluding hydrogens is 264 g/mol. The highest BCUT2D eigenvalue weighted by atomic mass is 35.5. The molecular formula is C14H21ClN2O2. The fourth-order valence-electron chi connectivity index (χ4n) is 2.37. The molecule has 1 aromatic carbocycles. The van der Waals surface area contributed by atoms with Crippen molar-refractivity contribution in [1.29, 1.82) is 0 Å². The summed E-state index contributed by atoms with van der Waals surface area (Å²) < 4.78 is 5.37. The Kier molecular flexibility index (Phi) is 6.28. The van der Waals surface area contributed by atoms with Crippen molar-refractivity contribution in [3.63, 3.8) is 0 Å². The van der Waals surface area contributed by atoms with Crippen LogP contribution in [0.2, 0.25) is 0 Å². The Hall–Kier alpha value is -1.10. The molecule has 2 rings (SSSR count). The van der Waals surface area contributed by atoms with E-state index in [0.29, 0.717) is 6.04 Å². The number of rotatable bonds is 4. The Morgan fingerprint density at radius 2 is 2.11 bits per heavy atom. The van der Waals surface area contributed by atoms with Crippen molar-refractivity contribution in [2.24, 2.45) is 0 Å². The minimum atomic E-state index is -0.484. The van der Waals surface area contributed by atoms with Crippen LogP contribution in [0.4, 0.5) is 0 Å². The summed E-state index contributed by atoms with van der Waals surface area (Å²) in [5.41, 5.74) is 0.915. The van der Waals surface area contributed by atoms with Gasteiger partial charge in [-0.2, -0.15) is 0 Å². The summed E-state index contributed by atoms with van der Waals surface area (Å²) in [5, 5.41) is 3.21. The lowest BCUT2D eigenvalue weighted by Gasteiger charge is -2.22. The van der Waals surface area contributed by atoms with Gasteiger partial charge in [0, 0.05) is 26.2 Å². The first-order valence-corrected chi connectivity index (χ1v) is 6.30. The van der Waals surface area contributed by atoms with Gasteiger partial charge in [0.15, 0.2) is 6.10 Å². The van der Waals surface area contributed by atoms with Gasteiger partial charge in [0.2, 0.25) is 0 Å². The predicted molar refractivity (Wildman–Crippen MR) is 77.5 cm³/mol. The average molecular weight is 285 g/mol. The van der Waals surface area contributed by atoms with Gasteiger partial charge >= 0.3 is 0 Å². The fourth-order valence-corrected chi connectivity index (χ4v) is 2.37. The molecule has 1 aliphatic heterocycles. The second-order valence-electron chi connectivity index (χ2n) is 4.58. The molecule has 0 aromatic heterocycles. The van der Waals surface area contributed by atoms with E-state index in [2.05, 4.69) is 5.32 Å². The molecule has 1 amide bonds. The standard InChI is InChI=1S/C14H20N2O2.ClH/c1-15-12-8-9-16(10-12)14(17)13(18-2)11-6-4-3-5-7-11;/h3-7,12-13,15H,8-10H2,1-2H3;1H. The maximum absolute atomic E-state index is 12.4. The first-order valence-electron chi connectivity index (χ1n) is 6.30. The van der Waals surface area contributed by atoms with E-state index in [1.54, 1.807) is 7.11 Å². The van der Waals surface area contributed by atoms with Gasteiger partial charge in [-0.3, -0.25) is 4.79 Å². The van der Waals surface area contributed by atoms with Crippen molar-refractivity contribution in [1.82, 2.24) is 10.2 Å². The molecule has 0 saturated carbocycles. The van der Waals surface area contributed by atoms with Crippen molar-refractivity contribution in [3.8, 4) is 0 Å². The van der Waals surface area contributed by atoms with E-state index in [1.807, 2.05) is 42.3 Å². The summed E-state index contributed by atoms with van der Waals surface area (Å²) >= 11 is 0. The largest absolute Gasteiger partial charge is 0.367 e. The molecule has 106 valence electrons. The van der Waals surface area contributed by atoms with Crippen molar-refractivity contribution in [2.75, 3.05) is 27.2 Å². The van der Waals surface area contributed by atoms with E-state index in [4.69, 9.17) is 4.74 Å². The molecule has 19 heavy (non-hydrogen) atoms. The van der Waals surface area contributed by atoms with Crippen molar-refractivity contribution in [2.45, 2.75) is 18.6 Å². The maximum Gasteiger partial charge on any atom is 0.256 e. The number of carbonyl (C=O) groups excluding carboxylic acids is 1. The van der Waals surface area contributed by atoms with E-state index in [-0.39, 0.29) is 18.3 Å². The Morgan fingerprint density at radius 1 is 1.42 bits per heavy atom. The molecule has 0 radical (unpaired) electrons. The molecule has 1 heterocycles. The smallest absolute Gasteiger partial charge is 0.256 e. The first-order chi connectivity index (χ1) is 8.76. The van der Waals surface area contributed by atoms with Crippen molar-refractivity contribution >= 4 is 18.3 Å². The molecule has 5 heteroatoms. The molecule has 4 nitrogen and oxygen atoms in total. The van der Waals surface area contributed by atoms with Crippen LogP contribution in [0.25, 0.3) is 0 Å². The maximum atomic E-state index is 12.4. The van der Waals surface area contributed by atoms with Crippen LogP contribution in [0, 0.1) is 0 Å². The second kappa shape index (κ2) is 7.48. The number of amides is 1. The van der Waals surface area contributed by atoms with Gasteiger partial charge in [-0.25, -0.2) is 0 Å². The molecule has 2 atom stereocenters. The lowest BCUT2D eigenvalue weighted by atomic mass is 10.1. The number of ether oxygens (including phenoxy) is 1. The highest BCUT2D eigenvalue weighted by Gasteiger charge is 2.30. The van der Waals surface area contributed by atoms with E-state index < -0.39 is 6.10 Å². The molecule has 0 aliphatic carbocycles. The molecule has 2 unspecified atom stereocenters. The number of hydrogen-bond donors (Lipinski definition) is 1. The number of hydrogen-bond acceptors (Lipinski definition) is 3. The third kappa shape index (κ3) is 3.69. The van der Waals surface area contributed by atoms with Crippen LogP contribution in [-0.4, -0.2) is 44.1 Å². The van der Waals surface area contributed by atoms with Gasteiger partial charge in [0.1, 0.15) is 0 Å². The summed E-state index contributed by atoms with van der Waals surface area (Å²) in [4.78, 5) is 14.3. The second-order valence-corrected chi connectivity index (χ2v) is 4.58. The van der Waals surface area contributed by atoms with Gasteiger partial charge in [-0.15, -0.1) is 12.4 Å². The number of nitrogens with one attached hydrogen (secondary N) is 1. The fraction of sp³-hybridized carbons (Fsp3) is 0.500. The van der Waals surface area contributed by atoms with Crippen LogP contribution >= 0.6 is 12.4 Å². The quantitative estimate of drug-likeness (QED) is 0.913. The van der Waals surface area contributed by atoms with Crippen LogP contribution in [0.1, 0.15) is 18.1 Å². The minimum absolute atomic E-state index is 0. The summed E-state index contributed by atoms with van der Waals surface area (Å²) in [7, 11) is 3.52. The molecule has 1 N–H and O–H groups in total. The zero-order valence-electron chi connectivity index (χ0n) is 11.3. The van der Waals surface area contributed by atoms with Crippen molar-refractivity contribution in [3.05, 3.63) is 35.9 Å². The highest BCUT2D eigenvalue weighted by Crippen LogP contribution is 2.21. The minimum Gasteiger partial charge on any atom is -0.367 e. The molecule has 1 aromatic rings. The van der Waals surface area contributed by atoms with Gasteiger partial charge < -0.3 is 15.0 Å². The number of halogens is 1. The van der Waals surface area contributed by atoms with Gasteiger partial charge in [0.25, 0.3) is 5.91 Å². The van der Waals surface area contributed by atoms with E-state index in [1.165, 1.54) is 0 Å². The summed E-state index contributed by atoms with van der Waals surface area (Å²) in [5.74, 6) is 0.0569. The number of carbonyl (C=O) groups is 1. The Morgan fingerprint density at radius 3 is 2.63 bits per heavy atom. The summed E-state index contributed by atoms with van der Waals surface area (Å²) in [6.07, 6.45) is 0.523. The van der Waals surface area contributed by atoms with Crippen LogP contribution in [0.3, 0.4) is 0 Å². The lowest BCUT2D eigenvalue weighted by Crippen LogP contribution is -2.36. The third-order valence-electron chi connectivity index (χ3n) is 3.47. The summed E-state index contributed by atoms with van der Waals surface area (Å²) in [6.45, 7) is 1.57. The van der Waals surface area contributed by atoms with E-state index in [0.717, 1.165) is 25.1 Å². The topological polar surface area (TPSA) is 41.6 Å². The predicted octanol–water partition coefficient (Wildman–Crippen LogP) is 1.62.